The Kier molecular flexibility index (Phi) is 3.55. The number of pyridine rings is 1. The summed E-state index contributed by atoms with van der Waals surface area (Å²) in [4.78, 5) is 21.6. The van der Waals surface area contributed by atoms with Gasteiger partial charge in [-0.3, -0.25) is 4.79 Å². The second-order valence-electron chi connectivity index (χ2n) is 5.37. The molecule has 0 saturated heterocycles. The van der Waals surface area contributed by atoms with Gasteiger partial charge in [0.05, 0.1) is 23.2 Å². The second-order valence-corrected chi connectivity index (χ2v) is 5.37. The highest BCUT2D eigenvalue weighted by molar-refractivity contribution is 5.93. The highest BCUT2D eigenvalue weighted by Gasteiger charge is 2.16. The molecular weight excluding hydrogens is 306 g/mol. The maximum atomic E-state index is 13.0. The number of fused-ring (bicyclic) bond motifs is 2. The summed E-state index contributed by atoms with van der Waals surface area (Å²) >= 11 is 0. The summed E-state index contributed by atoms with van der Waals surface area (Å²) in [6.07, 6.45) is 3.18. The van der Waals surface area contributed by atoms with Crippen molar-refractivity contribution in [1.29, 1.82) is 0 Å². The van der Waals surface area contributed by atoms with Gasteiger partial charge in [-0.05, 0) is 6.07 Å². The Hall–Kier alpha value is -3.06. The zero-order valence-corrected chi connectivity index (χ0v) is 13.1. The molecule has 0 amide bonds. The minimum Gasteiger partial charge on any atom is -0.383 e. The van der Waals surface area contributed by atoms with Crippen LogP contribution < -0.4 is 5.56 Å². The Bertz CT molecular complexity index is 1070. The van der Waals surface area contributed by atoms with E-state index in [1.54, 1.807) is 22.4 Å². The number of nitrogens with zero attached hydrogens (tertiary/aromatic N) is 5. The Balaban J connectivity index is 2.11. The third-order valence-electron chi connectivity index (χ3n) is 3.93. The van der Waals surface area contributed by atoms with Gasteiger partial charge in [-0.15, -0.1) is 0 Å². The lowest BCUT2D eigenvalue weighted by Crippen LogP contribution is -2.23. The summed E-state index contributed by atoms with van der Waals surface area (Å²) in [5, 5.41) is 4.77. The summed E-state index contributed by atoms with van der Waals surface area (Å²) in [5.74, 6) is 0.468. The Morgan fingerprint density at radius 2 is 2.00 bits per heavy atom. The molecule has 7 heteroatoms. The predicted molar refractivity (Wildman–Crippen MR) is 89.9 cm³/mol. The maximum Gasteiger partial charge on any atom is 0.262 e. The number of benzene rings is 1. The molecule has 0 spiro atoms. The van der Waals surface area contributed by atoms with E-state index in [9.17, 15) is 4.79 Å². The van der Waals surface area contributed by atoms with Crippen LogP contribution >= 0.6 is 0 Å². The molecule has 24 heavy (non-hydrogen) atoms. The fourth-order valence-corrected chi connectivity index (χ4v) is 2.79. The number of ether oxygens (including phenoxy) is 1. The molecule has 0 unspecified atom stereocenters. The molecule has 1 aromatic carbocycles. The van der Waals surface area contributed by atoms with Crippen molar-refractivity contribution in [3.05, 3.63) is 59.3 Å². The summed E-state index contributed by atoms with van der Waals surface area (Å²) < 4.78 is 8.32. The SMILES string of the molecule is COCCn1ccc2nc3ncnn3c(-c3ccccc3)c2c1=O. The molecular formula is C17H15N5O2. The molecule has 3 aromatic heterocycles. The van der Waals surface area contributed by atoms with Crippen LogP contribution in [0.3, 0.4) is 0 Å². The Morgan fingerprint density at radius 1 is 1.17 bits per heavy atom. The maximum absolute atomic E-state index is 13.0. The molecule has 0 radical (unpaired) electrons. The largest absolute Gasteiger partial charge is 0.383 e. The second kappa shape index (κ2) is 5.86. The third kappa shape index (κ3) is 2.26. The number of rotatable bonds is 4. The van der Waals surface area contributed by atoms with Crippen molar-refractivity contribution >= 4 is 16.7 Å². The van der Waals surface area contributed by atoms with Gasteiger partial charge in [0, 0.05) is 25.4 Å². The molecule has 7 nitrogen and oxygen atoms in total. The van der Waals surface area contributed by atoms with E-state index in [1.165, 1.54) is 6.33 Å². The van der Waals surface area contributed by atoms with Crippen LogP contribution in [-0.2, 0) is 11.3 Å². The molecule has 4 rings (SSSR count). The van der Waals surface area contributed by atoms with E-state index in [0.29, 0.717) is 35.5 Å². The lowest BCUT2D eigenvalue weighted by Gasteiger charge is -2.11. The molecule has 0 aliphatic heterocycles. The molecule has 4 aromatic rings. The van der Waals surface area contributed by atoms with E-state index in [-0.39, 0.29) is 5.56 Å². The summed E-state index contributed by atoms with van der Waals surface area (Å²) in [6.45, 7) is 0.944. The van der Waals surface area contributed by atoms with Crippen LogP contribution in [0.25, 0.3) is 27.9 Å². The van der Waals surface area contributed by atoms with Crippen molar-refractivity contribution in [2.45, 2.75) is 6.54 Å². The Morgan fingerprint density at radius 3 is 2.79 bits per heavy atom. The molecule has 0 bridgehead atoms. The molecule has 0 atom stereocenters. The van der Waals surface area contributed by atoms with Gasteiger partial charge >= 0.3 is 0 Å². The van der Waals surface area contributed by atoms with Crippen LogP contribution in [0.15, 0.2) is 53.7 Å². The first kappa shape index (κ1) is 14.5. The summed E-state index contributed by atoms with van der Waals surface area (Å²) in [7, 11) is 1.61. The highest BCUT2D eigenvalue weighted by atomic mass is 16.5. The van der Waals surface area contributed by atoms with Crippen molar-refractivity contribution in [1.82, 2.24) is 24.1 Å². The van der Waals surface area contributed by atoms with E-state index in [4.69, 9.17) is 4.74 Å². The normalized spacial score (nSPS) is 11.4. The van der Waals surface area contributed by atoms with Crippen LogP contribution in [0.2, 0.25) is 0 Å². The molecule has 0 saturated carbocycles. The molecule has 0 aliphatic carbocycles. The molecule has 0 N–H and O–H groups in total. The van der Waals surface area contributed by atoms with E-state index >= 15 is 0 Å². The smallest absolute Gasteiger partial charge is 0.262 e. The third-order valence-corrected chi connectivity index (χ3v) is 3.93. The van der Waals surface area contributed by atoms with Gasteiger partial charge < -0.3 is 9.30 Å². The average molecular weight is 321 g/mol. The summed E-state index contributed by atoms with van der Waals surface area (Å²) in [5.41, 5.74) is 2.08. The molecule has 3 heterocycles. The fraction of sp³-hybridized carbons (Fsp3) is 0.176. The topological polar surface area (TPSA) is 74.3 Å². The predicted octanol–water partition coefficient (Wildman–Crippen LogP) is 1.75. The zero-order chi connectivity index (χ0) is 16.5. The van der Waals surface area contributed by atoms with Gasteiger partial charge in [0.15, 0.2) is 0 Å². The lowest BCUT2D eigenvalue weighted by molar-refractivity contribution is 0.186. The molecule has 120 valence electrons. The van der Waals surface area contributed by atoms with Crippen molar-refractivity contribution in [3.8, 4) is 11.3 Å². The average Bonchev–Trinajstić information content (AvgIpc) is 3.08. The minimum absolute atomic E-state index is 0.117. The van der Waals surface area contributed by atoms with Gasteiger partial charge in [-0.25, -0.2) is 4.98 Å². The van der Waals surface area contributed by atoms with Gasteiger partial charge in [-0.1, -0.05) is 30.3 Å². The lowest BCUT2D eigenvalue weighted by atomic mass is 10.1. The quantitative estimate of drug-likeness (QED) is 0.572. The molecule has 0 aliphatic rings. The standard InChI is InChI=1S/C17H15N5O2/c1-24-10-9-21-8-7-13-14(16(21)23)15(12-5-3-2-4-6-12)22-17(20-13)18-11-19-22/h2-8,11H,9-10H2,1H3. The van der Waals surface area contributed by atoms with Gasteiger partial charge in [-0.2, -0.15) is 14.6 Å². The fourth-order valence-electron chi connectivity index (χ4n) is 2.79. The van der Waals surface area contributed by atoms with E-state index < -0.39 is 0 Å². The van der Waals surface area contributed by atoms with Crippen molar-refractivity contribution in [3.63, 3.8) is 0 Å². The van der Waals surface area contributed by atoms with Crippen LogP contribution in [0.1, 0.15) is 0 Å². The van der Waals surface area contributed by atoms with Crippen LogP contribution in [0.4, 0.5) is 0 Å². The van der Waals surface area contributed by atoms with Crippen molar-refractivity contribution in [2.24, 2.45) is 0 Å². The number of hydrogen-bond donors (Lipinski definition) is 0. The van der Waals surface area contributed by atoms with Crippen molar-refractivity contribution < 1.29 is 4.74 Å². The first-order valence-electron chi connectivity index (χ1n) is 7.57. The number of hydrogen-bond acceptors (Lipinski definition) is 5. The monoisotopic (exact) mass is 321 g/mol. The van der Waals surface area contributed by atoms with Crippen molar-refractivity contribution in [2.75, 3.05) is 13.7 Å². The zero-order valence-electron chi connectivity index (χ0n) is 13.1. The first-order valence-corrected chi connectivity index (χ1v) is 7.57. The van der Waals surface area contributed by atoms with Crippen LogP contribution in [0.5, 0.6) is 0 Å². The first-order chi connectivity index (χ1) is 11.8. The van der Waals surface area contributed by atoms with E-state index in [0.717, 1.165) is 5.56 Å². The van der Waals surface area contributed by atoms with E-state index in [2.05, 4.69) is 15.1 Å². The minimum atomic E-state index is -0.117. The Labute approximate surface area is 137 Å². The van der Waals surface area contributed by atoms with E-state index in [1.807, 2.05) is 36.4 Å². The van der Waals surface area contributed by atoms with Gasteiger partial charge in [0.25, 0.3) is 11.3 Å². The van der Waals surface area contributed by atoms with Gasteiger partial charge in [0.2, 0.25) is 0 Å². The van der Waals surface area contributed by atoms with Crippen LogP contribution in [0, 0.1) is 0 Å². The summed E-state index contributed by atoms with van der Waals surface area (Å²) in [6, 6.07) is 11.5. The van der Waals surface area contributed by atoms with Crippen LogP contribution in [-0.4, -0.2) is 37.9 Å². The van der Waals surface area contributed by atoms with Gasteiger partial charge in [0.1, 0.15) is 6.33 Å². The number of aromatic nitrogens is 5. The number of methoxy groups -OCH3 is 1. The molecule has 0 fully saturated rings. The highest BCUT2D eigenvalue weighted by Crippen LogP contribution is 2.25.